The van der Waals surface area contributed by atoms with Crippen LogP contribution in [0.3, 0.4) is 0 Å². The van der Waals surface area contributed by atoms with E-state index < -0.39 is 12.2 Å². The zero-order chi connectivity index (χ0) is 24.9. The molecule has 9 nitrogen and oxygen atoms in total. The first-order valence-corrected chi connectivity index (χ1v) is 12.2. The Labute approximate surface area is 209 Å². The number of methoxy groups -OCH3 is 1. The fourth-order valence-electron chi connectivity index (χ4n) is 4.46. The predicted molar refractivity (Wildman–Crippen MR) is 131 cm³/mol. The number of aliphatic hydroxyl groups is 1. The number of fused-ring (bicyclic) bond motifs is 1. The lowest BCUT2D eigenvalue weighted by atomic mass is 10.0. The third-order valence-electron chi connectivity index (χ3n) is 6.45. The van der Waals surface area contributed by atoms with Crippen LogP contribution >= 0.6 is 0 Å². The third-order valence-corrected chi connectivity index (χ3v) is 6.45. The number of rotatable bonds is 9. The Morgan fingerprint density at radius 3 is 3.00 bits per heavy atom. The number of carbonyl (C=O) groups is 1. The molecule has 1 saturated heterocycles. The van der Waals surface area contributed by atoms with E-state index in [1.54, 1.807) is 25.6 Å². The van der Waals surface area contributed by atoms with Crippen LogP contribution in [0.5, 0.6) is 5.88 Å². The number of aryl methyl sites for hydroxylation is 1. The highest BCUT2D eigenvalue weighted by Gasteiger charge is 2.36. The summed E-state index contributed by atoms with van der Waals surface area (Å²) in [5.41, 5.74) is 3.59. The molecule has 2 aliphatic heterocycles. The van der Waals surface area contributed by atoms with Crippen molar-refractivity contribution in [1.82, 2.24) is 14.9 Å². The number of amides is 1. The summed E-state index contributed by atoms with van der Waals surface area (Å²) in [5, 5.41) is 10.6. The molecule has 2 aromatic heterocycles. The second kappa shape index (κ2) is 10.8. The van der Waals surface area contributed by atoms with Crippen LogP contribution in [-0.4, -0.2) is 51.9 Å². The molecule has 0 spiro atoms. The maximum Gasteiger partial charge on any atom is 0.417 e. The van der Waals surface area contributed by atoms with Crippen molar-refractivity contribution in [2.24, 2.45) is 0 Å². The average molecular weight is 492 g/mol. The molecule has 1 fully saturated rings. The SMILES string of the molecule is COc1ccc2nccc(CC[C@@H](O)CC[C@@H]3CN(C4=COC=C(C5=CC=CCC5)O4)C(=O)O3)c2n1. The van der Waals surface area contributed by atoms with Gasteiger partial charge in [-0.05, 0) is 61.8 Å². The molecule has 2 atom stereocenters. The van der Waals surface area contributed by atoms with Gasteiger partial charge in [-0.1, -0.05) is 18.2 Å². The summed E-state index contributed by atoms with van der Waals surface area (Å²) in [5.74, 6) is 1.44. The second-order valence-corrected chi connectivity index (χ2v) is 8.91. The molecule has 5 rings (SSSR count). The fourth-order valence-corrected chi connectivity index (χ4v) is 4.46. The van der Waals surface area contributed by atoms with Crippen molar-refractivity contribution in [3.8, 4) is 5.88 Å². The van der Waals surface area contributed by atoms with E-state index in [-0.39, 0.29) is 6.10 Å². The van der Waals surface area contributed by atoms with Gasteiger partial charge in [-0.3, -0.25) is 4.98 Å². The normalized spacial score (nSPS) is 20.2. The average Bonchev–Trinajstić information content (AvgIpc) is 3.31. The number of hydrogen-bond acceptors (Lipinski definition) is 8. The standard InChI is InChI=1S/C27H29N3O6/c1-33-24-12-11-22-26(29-24)19(13-14-28-22)7-8-20(31)9-10-21-15-30(27(32)35-21)25-17-34-16-23(36-25)18-5-3-2-4-6-18/h2-3,5,11-14,16-17,20-21,31H,4,6-10,15H2,1H3/t20-,21-/m1/s1. The van der Waals surface area contributed by atoms with E-state index >= 15 is 0 Å². The van der Waals surface area contributed by atoms with E-state index in [0.29, 0.717) is 49.8 Å². The summed E-state index contributed by atoms with van der Waals surface area (Å²) in [7, 11) is 1.58. The highest BCUT2D eigenvalue weighted by Crippen LogP contribution is 2.30. The van der Waals surface area contributed by atoms with Gasteiger partial charge < -0.3 is 24.1 Å². The van der Waals surface area contributed by atoms with Crippen LogP contribution in [-0.2, 0) is 20.6 Å². The molecule has 0 unspecified atom stereocenters. The molecule has 1 aliphatic carbocycles. The van der Waals surface area contributed by atoms with Gasteiger partial charge in [-0.2, -0.15) is 0 Å². The van der Waals surface area contributed by atoms with Crippen molar-refractivity contribution in [1.29, 1.82) is 0 Å². The molecule has 0 saturated carbocycles. The zero-order valence-corrected chi connectivity index (χ0v) is 20.1. The lowest BCUT2D eigenvalue weighted by Crippen LogP contribution is -2.27. The maximum absolute atomic E-state index is 12.5. The first kappa shape index (κ1) is 23.9. The van der Waals surface area contributed by atoms with Gasteiger partial charge in [-0.25, -0.2) is 14.7 Å². The number of pyridine rings is 2. The van der Waals surface area contributed by atoms with Crippen molar-refractivity contribution in [2.45, 2.75) is 50.7 Å². The van der Waals surface area contributed by atoms with Crippen molar-refractivity contribution in [3.63, 3.8) is 0 Å². The van der Waals surface area contributed by atoms with Crippen LogP contribution in [0.25, 0.3) is 11.0 Å². The molecule has 0 bridgehead atoms. The van der Waals surface area contributed by atoms with E-state index in [4.69, 9.17) is 18.9 Å². The van der Waals surface area contributed by atoms with Gasteiger partial charge in [0.05, 0.1) is 30.8 Å². The Bertz CT molecular complexity index is 1250. The molecule has 2 aromatic rings. The maximum atomic E-state index is 12.5. The third kappa shape index (κ3) is 5.36. The number of hydrogen-bond donors (Lipinski definition) is 1. The summed E-state index contributed by atoms with van der Waals surface area (Å²) in [6.45, 7) is 0.339. The number of ether oxygens (including phenoxy) is 4. The van der Waals surface area contributed by atoms with Crippen molar-refractivity contribution < 1.29 is 28.8 Å². The number of aliphatic hydroxyl groups excluding tert-OH is 1. The zero-order valence-electron chi connectivity index (χ0n) is 20.1. The minimum atomic E-state index is -0.541. The molecular formula is C27H29N3O6. The number of carbonyl (C=O) groups excluding carboxylic acids is 1. The summed E-state index contributed by atoms with van der Waals surface area (Å²) in [6.07, 6.45) is 13.4. The minimum Gasteiger partial charge on any atom is -0.481 e. The van der Waals surface area contributed by atoms with Crippen molar-refractivity contribution in [3.05, 3.63) is 77.9 Å². The molecule has 36 heavy (non-hydrogen) atoms. The molecule has 0 aromatic carbocycles. The Balaban J connectivity index is 1.12. The smallest absolute Gasteiger partial charge is 0.417 e. The highest BCUT2D eigenvalue weighted by atomic mass is 16.6. The van der Waals surface area contributed by atoms with Crippen LogP contribution in [0.2, 0.25) is 0 Å². The monoisotopic (exact) mass is 491 g/mol. The second-order valence-electron chi connectivity index (χ2n) is 8.91. The molecule has 3 aliphatic rings. The Hall–Kier alpha value is -3.85. The van der Waals surface area contributed by atoms with Crippen LogP contribution < -0.4 is 4.74 Å². The van der Waals surface area contributed by atoms with Gasteiger partial charge in [0.2, 0.25) is 11.8 Å². The van der Waals surface area contributed by atoms with Crippen molar-refractivity contribution >= 4 is 17.1 Å². The Morgan fingerprint density at radius 2 is 2.17 bits per heavy atom. The van der Waals surface area contributed by atoms with Crippen LogP contribution in [0.15, 0.2) is 72.4 Å². The summed E-state index contributed by atoms with van der Waals surface area (Å²) in [6, 6.07) is 5.57. The summed E-state index contributed by atoms with van der Waals surface area (Å²) < 4.78 is 22.1. The molecular weight excluding hydrogens is 462 g/mol. The topological polar surface area (TPSA) is 103 Å². The van der Waals surface area contributed by atoms with Gasteiger partial charge in [0.25, 0.3) is 0 Å². The number of allylic oxidation sites excluding steroid dienone is 4. The van der Waals surface area contributed by atoms with Gasteiger partial charge in [0.15, 0.2) is 12.0 Å². The van der Waals surface area contributed by atoms with E-state index in [1.807, 2.05) is 24.3 Å². The molecule has 0 radical (unpaired) electrons. The van der Waals surface area contributed by atoms with Gasteiger partial charge >= 0.3 is 6.09 Å². The summed E-state index contributed by atoms with van der Waals surface area (Å²) >= 11 is 0. The lowest BCUT2D eigenvalue weighted by molar-refractivity contribution is 0.102. The molecule has 9 heteroatoms. The predicted octanol–water partition coefficient (Wildman–Crippen LogP) is 4.50. The highest BCUT2D eigenvalue weighted by molar-refractivity contribution is 5.78. The van der Waals surface area contributed by atoms with Gasteiger partial charge in [-0.15, -0.1) is 0 Å². The number of nitrogens with zero attached hydrogens (tertiary/aromatic N) is 3. The van der Waals surface area contributed by atoms with E-state index in [0.717, 1.165) is 35.0 Å². The van der Waals surface area contributed by atoms with Crippen LogP contribution in [0, 0.1) is 0 Å². The first-order chi connectivity index (χ1) is 17.6. The number of aromatic nitrogens is 2. The van der Waals surface area contributed by atoms with E-state index in [1.165, 1.54) is 11.2 Å². The Kier molecular flexibility index (Phi) is 7.18. The number of cyclic esters (lactones) is 1. The van der Waals surface area contributed by atoms with Crippen LogP contribution in [0.4, 0.5) is 4.79 Å². The molecule has 188 valence electrons. The fraction of sp³-hybridized carbons (Fsp3) is 0.370. The van der Waals surface area contributed by atoms with Crippen LogP contribution in [0.1, 0.15) is 37.7 Å². The lowest BCUT2D eigenvalue weighted by Gasteiger charge is -2.23. The summed E-state index contributed by atoms with van der Waals surface area (Å²) in [4.78, 5) is 22.8. The Morgan fingerprint density at radius 1 is 1.25 bits per heavy atom. The van der Waals surface area contributed by atoms with Crippen molar-refractivity contribution in [2.75, 3.05) is 13.7 Å². The molecule has 4 heterocycles. The van der Waals surface area contributed by atoms with Gasteiger partial charge in [0, 0.05) is 12.3 Å². The first-order valence-electron chi connectivity index (χ1n) is 12.2. The minimum absolute atomic E-state index is 0.309. The van der Waals surface area contributed by atoms with E-state index in [9.17, 15) is 9.90 Å². The molecule has 1 N–H and O–H groups in total. The van der Waals surface area contributed by atoms with Gasteiger partial charge in [0.1, 0.15) is 12.4 Å². The molecule has 1 amide bonds. The largest absolute Gasteiger partial charge is 0.481 e. The van der Waals surface area contributed by atoms with E-state index in [2.05, 4.69) is 16.0 Å². The quantitative estimate of drug-likeness (QED) is 0.547.